The zero-order valence-corrected chi connectivity index (χ0v) is 10.2. The highest BCUT2D eigenvalue weighted by Gasteiger charge is 2.23. The molecule has 0 aromatic rings. The highest BCUT2D eigenvalue weighted by Crippen LogP contribution is 2.18. The zero-order valence-electron chi connectivity index (χ0n) is 10.2. The largest absolute Gasteiger partial charge is 0.370 e. The quantitative estimate of drug-likeness (QED) is 0.778. The molecule has 17 heavy (non-hydrogen) atoms. The Balaban J connectivity index is 2.34. The monoisotopic (exact) mass is 237 g/mol. The van der Waals surface area contributed by atoms with Crippen LogP contribution in [0.4, 0.5) is 0 Å². The predicted molar refractivity (Wildman–Crippen MR) is 62.5 cm³/mol. The molecule has 1 fully saturated rings. The van der Waals surface area contributed by atoms with Crippen LogP contribution in [-0.2, 0) is 9.59 Å². The van der Waals surface area contributed by atoms with E-state index >= 15 is 0 Å². The van der Waals surface area contributed by atoms with Crippen LogP contribution >= 0.6 is 0 Å². The highest BCUT2D eigenvalue weighted by atomic mass is 16.2. The molecule has 2 N–H and O–H groups in total. The third-order valence-electron chi connectivity index (χ3n) is 3.10. The van der Waals surface area contributed by atoms with Crippen molar-refractivity contribution in [2.45, 2.75) is 32.6 Å². The van der Waals surface area contributed by atoms with Gasteiger partial charge in [0.15, 0.2) is 0 Å². The first kappa shape index (κ1) is 13.5. The van der Waals surface area contributed by atoms with Gasteiger partial charge in [-0.15, -0.1) is 0 Å². The van der Waals surface area contributed by atoms with E-state index in [4.69, 9.17) is 11.0 Å². The van der Waals surface area contributed by atoms with E-state index in [-0.39, 0.29) is 30.1 Å². The fraction of sp³-hybridized carbons (Fsp3) is 0.750. The summed E-state index contributed by atoms with van der Waals surface area (Å²) in [5.74, 6) is -0.223. The van der Waals surface area contributed by atoms with E-state index in [2.05, 4.69) is 6.07 Å². The number of amides is 2. The second kappa shape index (κ2) is 6.24. The van der Waals surface area contributed by atoms with Gasteiger partial charge in [0.2, 0.25) is 11.8 Å². The molecule has 5 heteroatoms. The Morgan fingerprint density at radius 1 is 1.41 bits per heavy atom. The minimum Gasteiger partial charge on any atom is -0.370 e. The molecule has 0 aliphatic carbocycles. The van der Waals surface area contributed by atoms with Crippen molar-refractivity contribution < 1.29 is 9.59 Å². The van der Waals surface area contributed by atoms with Crippen LogP contribution in [0.25, 0.3) is 0 Å². The first-order valence-corrected chi connectivity index (χ1v) is 5.98. The first-order valence-electron chi connectivity index (χ1n) is 5.98. The van der Waals surface area contributed by atoms with Gasteiger partial charge >= 0.3 is 0 Å². The van der Waals surface area contributed by atoms with E-state index < -0.39 is 0 Å². The Labute approximate surface area is 102 Å². The van der Waals surface area contributed by atoms with Crippen LogP contribution < -0.4 is 5.73 Å². The number of hydrogen-bond acceptors (Lipinski definition) is 3. The molecule has 5 nitrogen and oxygen atoms in total. The lowest BCUT2D eigenvalue weighted by molar-refractivity contribution is -0.133. The molecule has 1 saturated heterocycles. The molecule has 0 spiro atoms. The van der Waals surface area contributed by atoms with Crippen molar-refractivity contribution >= 4 is 11.8 Å². The van der Waals surface area contributed by atoms with E-state index in [1.807, 2.05) is 6.92 Å². The van der Waals surface area contributed by atoms with Gasteiger partial charge < -0.3 is 10.6 Å². The molecular weight excluding hydrogens is 218 g/mol. The highest BCUT2D eigenvalue weighted by molar-refractivity contribution is 5.78. The Morgan fingerprint density at radius 3 is 2.47 bits per heavy atom. The van der Waals surface area contributed by atoms with Gasteiger partial charge in [-0.3, -0.25) is 9.59 Å². The van der Waals surface area contributed by atoms with Crippen LogP contribution in [0, 0.1) is 23.2 Å². The molecule has 1 aliphatic heterocycles. The molecule has 0 bridgehead atoms. The van der Waals surface area contributed by atoms with Gasteiger partial charge in [0.25, 0.3) is 0 Å². The molecule has 0 saturated carbocycles. The summed E-state index contributed by atoms with van der Waals surface area (Å²) in [6.07, 6.45) is 2.12. The maximum absolute atomic E-state index is 11.9. The molecule has 0 unspecified atom stereocenters. The first-order chi connectivity index (χ1) is 8.02. The lowest BCUT2D eigenvalue weighted by atomic mass is 9.97. The number of carbonyl (C=O) groups excluding carboxylic acids is 2. The SMILES string of the molecule is C[C@@H](CC(N)=O)CC(=O)N1CCC(C#N)CC1. The van der Waals surface area contributed by atoms with E-state index in [1.165, 1.54) is 0 Å². The van der Waals surface area contributed by atoms with E-state index in [9.17, 15) is 9.59 Å². The van der Waals surface area contributed by atoms with Crippen LogP contribution in [-0.4, -0.2) is 29.8 Å². The van der Waals surface area contributed by atoms with Crippen LogP contribution in [0.2, 0.25) is 0 Å². The van der Waals surface area contributed by atoms with Gasteiger partial charge in [0, 0.05) is 31.8 Å². The summed E-state index contributed by atoms with van der Waals surface area (Å²) in [5, 5.41) is 8.76. The minimum absolute atomic E-state index is 0.00584. The molecule has 1 rings (SSSR count). The number of piperidine rings is 1. The Bertz CT molecular complexity index is 327. The zero-order chi connectivity index (χ0) is 12.8. The average molecular weight is 237 g/mol. The van der Waals surface area contributed by atoms with Gasteiger partial charge in [-0.25, -0.2) is 0 Å². The van der Waals surface area contributed by atoms with Crippen molar-refractivity contribution in [2.75, 3.05) is 13.1 Å². The molecule has 0 radical (unpaired) electrons. The number of hydrogen-bond donors (Lipinski definition) is 1. The smallest absolute Gasteiger partial charge is 0.222 e. The summed E-state index contributed by atoms with van der Waals surface area (Å²) in [4.78, 5) is 24.4. The molecule has 1 atom stereocenters. The summed E-state index contributed by atoms with van der Waals surface area (Å²) >= 11 is 0. The third kappa shape index (κ3) is 4.43. The van der Waals surface area contributed by atoms with E-state index in [0.29, 0.717) is 19.5 Å². The van der Waals surface area contributed by atoms with Crippen molar-refractivity contribution in [3.05, 3.63) is 0 Å². The molecule has 94 valence electrons. The fourth-order valence-electron chi connectivity index (χ4n) is 2.10. The molecule has 0 aromatic heterocycles. The number of nitrogens with zero attached hydrogens (tertiary/aromatic N) is 2. The van der Waals surface area contributed by atoms with Crippen molar-refractivity contribution in [1.29, 1.82) is 5.26 Å². The lowest BCUT2D eigenvalue weighted by Gasteiger charge is -2.29. The number of likely N-dealkylation sites (tertiary alicyclic amines) is 1. The molecule has 0 aromatic carbocycles. The lowest BCUT2D eigenvalue weighted by Crippen LogP contribution is -2.39. The average Bonchev–Trinajstić information content (AvgIpc) is 2.28. The van der Waals surface area contributed by atoms with Crippen molar-refractivity contribution in [1.82, 2.24) is 4.90 Å². The van der Waals surface area contributed by atoms with Crippen molar-refractivity contribution in [2.24, 2.45) is 17.6 Å². The number of primary amides is 1. The van der Waals surface area contributed by atoms with Gasteiger partial charge in [-0.2, -0.15) is 5.26 Å². The van der Waals surface area contributed by atoms with Gasteiger partial charge in [-0.1, -0.05) is 6.92 Å². The predicted octanol–water partition coefficient (Wildman–Crippen LogP) is 0.650. The summed E-state index contributed by atoms with van der Waals surface area (Å²) in [5.41, 5.74) is 5.08. The standard InChI is InChI=1S/C12H19N3O2/c1-9(6-11(14)16)7-12(17)15-4-2-10(8-13)3-5-15/h9-10H,2-7H2,1H3,(H2,14,16)/t9-/m0/s1. The van der Waals surface area contributed by atoms with E-state index in [1.54, 1.807) is 4.90 Å². The van der Waals surface area contributed by atoms with Crippen molar-refractivity contribution in [3.8, 4) is 6.07 Å². The normalized spacial score (nSPS) is 18.5. The summed E-state index contributed by atoms with van der Waals surface area (Å²) < 4.78 is 0. The molecule has 2 amide bonds. The maximum atomic E-state index is 11.9. The Hall–Kier alpha value is -1.57. The summed E-state index contributed by atoms with van der Waals surface area (Å²) in [6, 6.07) is 2.23. The summed E-state index contributed by atoms with van der Waals surface area (Å²) in [7, 11) is 0. The van der Waals surface area contributed by atoms with Gasteiger partial charge in [0.1, 0.15) is 0 Å². The van der Waals surface area contributed by atoms with Crippen LogP contribution in [0.3, 0.4) is 0 Å². The topological polar surface area (TPSA) is 87.2 Å². The van der Waals surface area contributed by atoms with Gasteiger partial charge in [0.05, 0.1) is 6.07 Å². The number of rotatable bonds is 4. The van der Waals surface area contributed by atoms with E-state index in [0.717, 1.165) is 12.8 Å². The van der Waals surface area contributed by atoms with Gasteiger partial charge in [-0.05, 0) is 18.8 Å². The number of carbonyl (C=O) groups is 2. The molecule has 1 aliphatic rings. The second-order valence-corrected chi connectivity index (χ2v) is 4.76. The summed E-state index contributed by atoms with van der Waals surface area (Å²) in [6.45, 7) is 3.16. The van der Waals surface area contributed by atoms with Crippen LogP contribution in [0.5, 0.6) is 0 Å². The minimum atomic E-state index is -0.367. The second-order valence-electron chi connectivity index (χ2n) is 4.76. The fourth-order valence-corrected chi connectivity index (χ4v) is 2.10. The molecule has 1 heterocycles. The number of nitriles is 1. The Kier molecular flexibility index (Phi) is 4.95. The van der Waals surface area contributed by atoms with Crippen molar-refractivity contribution in [3.63, 3.8) is 0 Å². The molecular formula is C12H19N3O2. The Morgan fingerprint density at radius 2 is 2.00 bits per heavy atom. The number of nitrogens with two attached hydrogens (primary N) is 1. The third-order valence-corrected chi connectivity index (χ3v) is 3.10. The van der Waals surface area contributed by atoms with Crippen LogP contribution in [0.15, 0.2) is 0 Å². The maximum Gasteiger partial charge on any atom is 0.222 e. The van der Waals surface area contributed by atoms with Crippen LogP contribution in [0.1, 0.15) is 32.6 Å².